The topological polar surface area (TPSA) is 84.3 Å². The Bertz CT molecular complexity index is 1330. The maximum absolute atomic E-state index is 12.7. The highest BCUT2D eigenvalue weighted by atomic mass is 16.2. The largest absolute Gasteiger partial charge is 0.348 e. The molecule has 0 saturated carbocycles. The molecule has 0 saturated heterocycles. The van der Waals surface area contributed by atoms with Crippen LogP contribution < -0.4 is 5.32 Å². The number of nitrogens with zero attached hydrogens (tertiary/aromatic N) is 3. The molecule has 5 rings (SSSR count). The number of rotatable bonds is 7. The van der Waals surface area contributed by atoms with Crippen LogP contribution in [0, 0.1) is 0 Å². The molecule has 1 aliphatic rings. The molecule has 0 bridgehead atoms. The minimum Gasteiger partial charge on any atom is -0.348 e. The Morgan fingerprint density at radius 3 is 2.06 bits per heavy atom. The molecule has 0 unspecified atom stereocenters. The van der Waals surface area contributed by atoms with E-state index in [2.05, 4.69) is 10.4 Å². The van der Waals surface area contributed by atoms with Gasteiger partial charge in [0.1, 0.15) is 0 Å². The second-order valence-corrected chi connectivity index (χ2v) is 8.09. The van der Waals surface area contributed by atoms with Crippen LogP contribution in [0.2, 0.25) is 0 Å². The number of aromatic nitrogens is 2. The standard InChI is InChI=1S/C27H22N4O3/c32-25(28-16-21-6-1-2-7-22(21)18-30-15-5-14-29-30)20-12-10-19(11-13-20)17-31-26(33)23-8-3-4-9-24(23)27(31)34/h1-15H,16-18H2,(H,28,32). The molecule has 1 aliphatic heterocycles. The SMILES string of the molecule is O=C(NCc1ccccc1Cn1cccn1)c1ccc(CN2C(=O)c3ccccc3C2=O)cc1. The Kier molecular flexibility index (Phi) is 5.74. The molecule has 168 valence electrons. The van der Waals surface area contributed by atoms with Crippen LogP contribution in [0.3, 0.4) is 0 Å². The first-order chi connectivity index (χ1) is 16.6. The molecule has 7 heteroatoms. The molecule has 3 aromatic carbocycles. The van der Waals surface area contributed by atoms with Gasteiger partial charge in [-0.15, -0.1) is 0 Å². The summed E-state index contributed by atoms with van der Waals surface area (Å²) in [6.07, 6.45) is 3.64. The number of hydrogen-bond donors (Lipinski definition) is 1. The van der Waals surface area contributed by atoms with Crippen molar-refractivity contribution in [1.82, 2.24) is 20.0 Å². The van der Waals surface area contributed by atoms with Gasteiger partial charge in [0.15, 0.2) is 0 Å². The van der Waals surface area contributed by atoms with Crippen LogP contribution in [0.25, 0.3) is 0 Å². The highest BCUT2D eigenvalue weighted by Gasteiger charge is 2.34. The van der Waals surface area contributed by atoms with Crippen LogP contribution in [0.1, 0.15) is 47.8 Å². The third-order valence-electron chi connectivity index (χ3n) is 5.88. The molecule has 7 nitrogen and oxygen atoms in total. The van der Waals surface area contributed by atoms with E-state index < -0.39 is 0 Å². The Hall–Kier alpha value is -4.52. The van der Waals surface area contributed by atoms with Gasteiger partial charge in [-0.2, -0.15) is 5.10 Å². The summed E-state index contributed by atoms with van der Waals surface area (Å²) in [5.41, 5.74) is 4.25. The number of carbonyl (C=O) groups is 3. The lowest BCUT2D eigenvalue weighted by atomic mass is 10.1. The average Bonchev–Trinajstić information content (AvgIpc) is 3.47. The number of nitrogens with one attached hydrogen (secondary N) is 1. The molecule has 4 aromatic rings. The summed E-state index contributed by atoms with van der Waals surface area (Å²) in [5.74, 6) is -0.784. The maximum Gasteiger partial charge on any atom is 0.261 e. The summed E-state index contributed by atoms with van der Waals surface area (Å²) in [7, 11) is 0. The number of carbonyl (C=O) groups excluding carboxylic acids is 3. The number of hydrogen-bond acceptors (Lipinski definition) is 4. The first-order valence-corrected chi connectivity index (χ1v) is 11.0. The van der Waals surface area contributed by atoms with Crippen LogP contribution >= 0.6 is 0 Å². The molecule has 1 aromatic heterocycles. The van der Waals surface area contributed by atoms with E-state index in [9.17, 15) is 14.4 Å². The quantitative estimate of drug-likeness (QED) is 0.436. The van der Waals surface area contributed by atoms with Crippen LogP contribution in [0.5, 0.6) is 0 Å². The van der Waals surface area contributed by atoms with E-state index in [1.165, 1.54) is 4.90 Å². The summed E-state index contributed by atoms with van der Waals surface area (Å²) < 4.78 is 1.84. The highest BCUT2D eigenvalue weighted by Crippen LogP contribution is 2.24. The Morgan fingerprint density at radius 1 is 0.765 bits per heavy atom. The van der Waals surface area contributed by atoms with Crippen molar-refractivity contribution in [2.24, 2.45) is 0 Å². The number of imide groups is 1. The molecular formula is C27H22N4O3. The van der Waals surface area contributed by atoms with Crippen molar-refractivity contribution in [2.45, 2.75) is 19.6 Å². The Labute approximate surface area is 196 Å². The third-order valence-corrected chi connectivity index (χ3v) is 5.88. The monoisotopic (exact) mass is 450 g/mol. The normalized spacial score (nSPS) is 12.6. The highest BCUT2D eigenvalue weighted by molar-refractivity contribution is 6.21. The fourth-order valence-electron chi connectivity index (χ4n) is 4.06. The van der Waals surface area contributed by atoms with Gasteiger partial charge in [0, 0.05) is 24.5 Å². The predicted molar refractivity (Wildman–Crippen MR) is 126 cm³/mol. The van der Waals surface area contributed by atoms with E-state index in [0.717, 1.165) is 16.7 Å². The first-order valence-electron chi connectivity index (χ1n) is 11.0. The van der Waals surface area contributed by atoms with Crippen LogP contribution in [0.4, 0.5) is 0 Å². The van der Waals surface area contributed by atoms with Gasteiger partial charge in [-0.05, 0) is 47.0 Å². The van der Waals surface area contributed by atoms with Crippen molar-refractivity contribution >= 4 is 17.7 Å². The Balaban J connectivity index is 1.22. The molecule has 0 fully saturated rings. The van der Waals surface area contributed by atoms with Gasteiger partial charge in [0.25, 0.3) is 17.7 Å². The molecule has 3 amide bonds. The summed E-state index contributed by atoms with van der Waals surface area (Å²) in [6, 6.07) is 23.6. The van der Waals surface area contributed by atoms with Gasteiger partial charge in [0.05, 0.1) is 24.2 Å². The van der Waals surface area contributed by atoms with Gasteiger partial charge in [0.2, 0.25) is 0 Å². The summed E-state index contributed by atoms with van der Waals surface area (Å²) >= 11 is 0. The van der Waals surface area contributed by atoms with E-state index in [1.54, 1.807) is 54.7 Å². The zero-order chi connectivity index (χ0) is 23.5. The zero-order valence-corrected chi connectivity index (χ0v) is 18.3. The minimum absolute atomic E-state index is 0.162. The lowest BCUT2D eigenvalue weighted by Gasteiger charge is -2.14. The van der Waals surface area contributed by atoms with Crippen LogP contribution in [0.15, 0.2) is 91.3 Å². The van der Waals surface area contributed by atoms with Crippen molar-refractivity contribution in [3.8, 4) is 0 Å². The molecule has 0 aliphatic carbocycles. The summed E-state index contributed by atoms with van der Waals surface area (Å²) in [5, 5.41) is 7.21. The maximum atomic E-state index is 12.7. The van der Waals surface area contributed by atoms with Crippen LogP contribution in [-0.2, 0) is 19.6 Å². The first kappa shape index (κ1) is 21.3. The molecule has 34 heavy (non-hydrogen) atoms. The van der Waals surface area contributed by atoms with E-state index in [1.807, 2.05) is 41.2 Å². The minimum atomic E-state index is -0.295. The lowest BCUT2D eigenvalue weighted by molar-refractivity contribution is 0.0641. The lowest BCUT2D eigenvalue weighted by Crippen LogP contribution is -2.29. The number of fused-ring (bicyclic) bond motifs is 1. The fraction of sp³-hybridized carbons (Fsp3) is 0.111. The van der Waals surface area contributed by atoms with Crippen molar-refractivity contribution < 1.29 is 14.4 Å². The molecule has 0 atom stereocenters. The van der Waals surface area contributed by atoms with Gasteiger partial charge in [-0.1, -0.05) is 48.5 Å². The summed E-state index contributed by atoms with van der Waals surface area (Å²) in [6.45, 7) is 1.19. The van der Waals surface area contributed by atoms with Crippen molar-refractivity contribution in [3.05, 3.63) is 125 Å². The van der Waals surface area contributed by atoms with Crippen LogP contribution in [-0.4, -0.2) is 32.4 Å². The van der Waals surface area contributed by atoms with Crippen molar-refractivity contribution in [2.75, 3.05) is 0 Å². The van der Waals surface area contributed by atoms with Gasteiger partial charge in [-0.3, -0.25) is 24.0 Å². The molecule has 2 heterocycles. The van der Waals surface area contributed by atoms with Gasteiger partial charge in [-0.25, -0.2) is 0 Å². The number of benzene rings is 3. The summed E-state index contributed by atoms with van der Waals surface area (Å²) in [4.78, 5) is 39.1. The molecular weight excluding hydrogens is 428 g/mol. The van der Waals surface area contributed by atoms with Gasteiger partial charge >= 0.3 is 0 Å². The van der Waals surface area contributed by atoms with E-state index in [0.29, 0.717) is 29.8 Å². The van der Waals surface area contributed by atoms with E-state index >= 15 is 0 Å². The molecule has 0 spiro atoms. The molecule has 0 radical (unpaired) electrons. The predicted octanol–water partition coefficient (Wildman–Crippen LogP) is 3.66. The van der Waals surface area contributed by atoms with Gasteiger partial charge < -0.3 is 5.32 Å². The fourth-order valence-corrected chi connectivity index (χ4v) is 4.06. The second kappa shape index (κ2) is 9.15. The van der Waals surface area contributed by atoms with Crippen molar-refractivity contribution in [3.63, 3.8) is 0 Å². The number of amides is 3. The molecule has 1 N–H and O–H groups in total. The smallest absolute Gasteiger partial charge is 0.261 e. The second-order valence-electron chi connectivity index (χ2n) is 8.09. The third kappa shape index (κ3) is 4.23. The van der Waals surface area contributed by atoms with Crippen molar-refractivity contribution in [1.29, 1.82) is 0 Å². The average molecular weight is 450 g/mol. The van der Waals surface area contributed by atoms with E-state index in [-0.39, 0.29) is 24.3 Å². The Morgan fingerprint density at radius 2 is 1.41 bits per heavy atom. The van der Waals surface area contributed by atoms with E-state index in [4.69, 9.17) is 0 Å². The zero-order valence-electron chi connectivity index (χ0n) is 18.3.